The van der Waals surface area contributed by atoms with Gasteiger partial charge in [0.2, 0.25) is 0 Å². The molecule has 1 aromatic rings. The highest BCUT2D eigenvalue weighted by atomic mass is 35.5. The van der Waals surface area contributed by atoms with Crippen molar-refractivity contribution >= 4 is 34.5 Å². The topological polar surface area (TPSA) is 9.23 Å². The summed E-state index contributed by atoms with van der Waals surface area (Å²) in [5.41, 5.74) is 1.09. The molecule has 122 valence electrons. The fourth-order valence-electron chi connectivity index (χ4n) is 2.60. The van der Waals surface area contributed by atoms with Gasteiger partial charge in [0.25, 0.3) is 0 Å². The third kappa shape index (κ3) is 7.25. The van der Waals surface area contributed by atoms with E-state index in [2.05, 4.69) is 6.92 Å². The molecule has 0 aliphatic carbocycles. The van der Waals surface area contributed by atoms with Crippen LogP contribution in [0.15, 0.2) is 0 Å². The van der Waals surface area contributed by atoms with E-state index in [9.17, 15) is 0 Å². The van der Waals surface area contributed by atoms with Crippen molar-refractivity contribution in [2.45, 2.75) is 77.6 Å². The van der Waals surface area contributed by atoms with Crippen molar-refractivity contribution in [3.63, 3.8) is 0 Å². The van der Waals surface area contributed by atoms with Crippen molar-refractivity contribution in [1.82, 2.24) is 0 Å². The molecule has 21 heavy (non-hydrogen) atoms. The average molecular weight is 351 g/mol. The van der Waals surface area contributed by atoms with Crippen LogP contribution in [0.3, 0.4) is 0 Å². The number of ether oxygens (including phenoxy) is 1. The Hall–Kier alpha value is 0.0800. The van der Waals surface area contributed by atoms with Crippen LogP contribution in [0.5, 0.6) is 5.75 Å². The summed E-state index contributed by atoms with van der Waals surface area (Å²) in [5.74, 6) is 0.780. The molecule has 0 saturated heterocycles. The number of thiophene rings is 1. The van der Waals surface area contributed by atoms with Crippen molar-refractivity contribution in [2.75, 3.05) is 7.11 Å². The second-order valence-corrected chi connectivity index (χ2v) is 7.82. The van der Waals surface area contributed by atoms with Gasteiger partial charge in [-0.25, -0.2) is 0 Å². The van der Waals surface area contributed by atoms with Crippen LogP contribution in [0.1, 0.15) is 76.7 Å². The van der Waals surface area contributed by atoms with Crippen molar-refractivity contribution in [3.05, 3.63) is 14.2 Å². The zero-order valence-corrected chi connectivity index (χ0v) is 15.7. The molecule has 0 radical (unpaired) electrons. The maximum atomic E-state index is 6.21. The third-order valence-electron chi connectivity index (χ3n) is 3.85. The number of halogens is 2. The molecule has 4 heteroatoms. The minimum atomic E-state index is 0.671. The third-order valence-corrected chi connectivity index (χ3v) is 5.51. The summed E-state index contributed by atoms with van der Waals surface area (Å²) < 4.78 is 6.79. The molecule has 0 fully saturated rings. The Morgan fingerprint density at radius 1 is 0.810 bits per heavy atom. The Kier molecular flexibility index (Phi) is 10.6. The largest absolute Gasteiger partial charge is 0.494 e. The monoisotopic (exact) mass is 350 g/mol. The maximum Gasteiger partial charge on any atom is 0.153 e. The van der Waals surface area contributed by atoms with E-state index < -0.39 is 0 Å². The summed E-state index contributed by atoms with van der Waals surface area (Å²) >= 11 is 13.7. The molecule has 0 amide bonds. The van der Waals surface area contributed by atoms with Gasteiger partial charge in [-0.05, 0) is 12.8 Å². The average Bonchev–Trinajstić information content (AvgIpc) is 2.74. The molecular formula is C17H28Cl2OS. The first kappa shape index (κ1) is 19.1. The molecule has 0 N–H and O–H groups in total. The van der Waals surface area contributed by atoms with Crippen molar-refractivity contribution in [2.24, 2.45) is 0 Å². The van der Waals surface area contributed by atoms with Crippen molar-refractivity contribution in [3.8, 4) is 5.75 Å². The van der Waals surface area contributed by atoms with Crippen molar-refractivity contribution < 1.29 is 4.74 Å². The summed E-state index contributed by atoms with van der Waals surface area (Å²) in [6.45, 7) is 2.27. The van der Waals surface area contributed by atoms with E-state index in [4.69, 9.17) is 27.9 Å². The first-order chi connectivity index (χ1) is 10.2. The fraction of sp³-hybridized carbons (Fsp3) is 0.765. The van der Waals surface area contributed by atoms with Crippen LogP contribution >= 0.6 is 34.5 Å². The second kappa shape index (κ2) is 11.6. The van der Waals surface area contributed by atoms with Gasteiger partial charge in [-0.2, -0.15) is 0 Å². The zero-order chi connectivity index (χ0) is 15.5. The Morgan fingerprint density at radius 2 is 1.33 bits per heavy atom. The predicted octanol–water partition coefficient (Wildman–Crippen LogP) is 7.53. The number of unbranched alkanes of at least 4 members (excludes halogenated alkanes) is 9. The van der Waals surface area contributed by atoms with Gasteiger partial charge in [-0.1, -0.05) is 87.9 Å². The lowest BCUT2D eigenvalue weighted by Gasteiger charge is -2.05. The van der Waals surface area contributed by atoms with E-state index >= 15 is 0 Å². The standard InChI is InChI=1S/C17H28Cl2OS/c1-3-4-5-6-7-8-9-10-11-12-13-14-15(20-2)17(19)21-16(14)18/h3-13H2,1-2H3. The van der Waals surface area contributed by atoms with E-state index in [0.29, 0.717) is 4.34 Å². The van der Waals surface area contributed by atoms with Gasteiger partial charge in [-0.15, -0.1) is 11.3 Å². The van der Waals surface area contributed by atoms with Crippen LogP contribution in [0, 0.1) is 0 Å². The Morgan fingerprint density at radius 3 is 1.86 bits per heavy atom. The molecule has 0 aromatic carbocycles. The van der Waals surface area contributed by atoms with Gasteiger partial charge < -0.3 is 4.74 Å². The molecule has 0 unspecified atom stereocenters. The van der Waals surface area contributed by atoms with Gasteiger partial charge in [0, 0.05) is 5.56 Å². The summed E-state index contributed by atoms with van der Waals surface area (Å²) in [7, 11) is 1.66. The molecule has 1 aromatic heterocycles. The number of rotatable bonds is 12. The first-order valence-electron chi connectivity index (χ1n) is 8.21. The van der Waals surface area contributed by atoms with Gasteiger partial charge in [0.05, 0.1) is 7.11 Å². The lowest BCUT2D eigenvalue weighted by molar-refractivity contribution is 0.411. The maximum absolute atomic E-state index is 6.21. The zero-order valence-electron chi connectivity index (χ0n) is 13.4. The van der Waals surface area contributed by atoms with Crippen LogP contribution in [-0.4, -0.2) is 7.11 Å². The molecule has 0 aliphatic rings. The fourth-order valence-corrected chi connectivity index (χ4v) is 4.33. The van der Waals surface area contributed by atoms with E-state index in [1.807, 2.05) is 0 Å². The number of methoxy groups -OCH3 is 1. The molecule has 0 aliphatic heterocycles. The highest BCUT2D eigenvalue weighted by Gasteiger charge is 2.15. The van der Waals surface area contributed by atoms with Crippen LogP contribution in [-0.2, 0) is 6.42 Å². The molecule has 1 heterocycles. The van der Waals surface area contributed by atoms with Gasteiger partial charge >= 0.3 is 0 Å². The van der Waals surface area contributed by atoms with Crippen LogP contribution in [0.25, 0.3) is 0 Å². The van der Waals surface area contributed by atoms with E-state index in [-0.39, 0.29) is 0 Å². The SMILES string of the molecule is CCCCCCCCCCCCc1c(Cl)sc(Cl)c1OC. The number of hydrogen-bond acceptors (Lipinski definition) is 2. The van der Waals surface area contributed by atoms with E-state index in [1.165, 1.54) is 75.5 Å². The summed E-state index contributed by atoms with van der Waals surface area (Å²) in [6, 6.07) is 0. The lowest BCUT2D eigenvalue weighted by Crippen LogP contribution is -1.90. The highest BCUT2D eigenvalue weighted by molar-refractivity contribution is 7.20. The van der Waals surface area contributed by atoms with Gasteiger partial charge in [0.1, 0.15) is 8.67 Å². The summed E-state index contributed by atoms with van der Waals surface area (Å²) in [4.78, 5) is 0. The second-order valence-electron chi connectivity index (χ2n) is 5.59. The smallest absolute Gasteiger partial charge is 0.153 e. The normalized spacial score (nSPS) is 11.0. The lowest BCUT2D eigenvalue weighted by atomic mass is 10.0. The molecule has 0 atom stereocenters. The van der Waals surface area contributed by atoms with Crippen LogP contribution in [0.2, 0.25) is 8.67 Å². The quantitative estimate of drug-likeness (QED) is 0.354. The van der Waals surface area contributed by atoms with E-state index in [1.54, 1.807) is 7.11 Å². The van der Waals surface area contributed by atoms with Crippen LogP contribution < -0.4 is 4.74 Å². The summed E-state index contributed by atoms with van der Waals surface area (Å²) in [6.07, 6.45) is 14.4. The van der Waals surface area contributed by atoms with Gasteiger partial charge in [0.15, 0.2) is 5.75 Å². The first-order valence-corrected chi connectivity index (χ1v) is 9.78. The molecule has 0 spiro atoms. The van der Waals surface area contributed by atoms with Gasteiger partial charge in [-0.3, -0.25) is 0 Å². The molecule has 0 bridgehead atoms. The molecular weight excluding hydrogens is 323 g/mol. The molecule has 0 saturated carbocycles. The van der Waals surface area contributed by atoms with Crippen molar-refractivity contribution in [1.29, 1.82) is 0 Å². The highest BCUT2D eigenvalue weighted by Crippen LogP contribution is 2.43. The minimum Gasteiger partial charge on any atom is -0.494 e. The Balaban J connectivity index is 2.07. The van der Waals surface area contributed by atoms with Crippen LogP contribution in [0.4, 0.5) is 0 Å². The Labute approximate surface area is 144 Å². The minimum absolute atomic E-state index is 0.671. The predicted molar refractivity (Wildman–Crippen MR) is 96.4 cm³/mol. The number of hydrogen-bond donors (Lipinski definition) is 0. The van der Waals surface area contributed by atoms with E-state index in [0.717, 1.165) is 22.1 Å². The molecule has 1 nitrogen and oxygen atoms in total. The molecule has 1 rings (SSSR count). The summed E-state index contributed by atoms with van der Waals surface area (Å²) in [5, 5.41) is 0. The Bertz CT molecular complexity index is 390.